The number of nitrogens with zero attached hydrogens (tertiary/aromatic N) is 1. The lowest BCUT2D eigenvalue weighted by Crippen LogP contribution is -2.13. The van der Waals surface area contributed by atoms with Gasteiger partial charge in [-0.05, 0) is 17.7 Å². The average Bonchev–Trinajstić information content (AvgIpc) is 2.75. The van der Waals surface area contributed by atoms with Gasteiger partial charge in [-0.25, -0.2) is 4.98 Å². The average molecular weight is 232 g/mol. The van der Waals surface area contributed by atoms with Gasteiger partial charge in [0.2, 0.25) is 0 Å². The van der Waals surface area contributed by atoms with Crippen molar-refractivity contribution < 1.29 is 9.53 Å². The molecule has 0 aliphatic heterocycles. The Labute approximate surface area is 100 Å². The third-order valence-electron chi connectivity index (χ3n) is 2.59. The van der Waals surface area contributed by atoms with E-state index in [1.165, 1.54) is 0 Å². The van der Waals surface area contributed by atoms with Crippen LogP contribution in [0, 0.1) is 5.92 Å². The third-order valence-corrected chi connectivity index (χ3v) is 2.59. The van der Waals surface area contributed by atoms with Gasteiger partial charge in [0.1, 0.15) is 0 Å². The van der Waals surface area contributed by atoms with Crippen molar-refractivity contribution in [3.05, 3.63) is 30.1 Å². The van der Waals surface area contributed by atoms with Gasteiger partial charge in [0, 0.05) is 6.42 Å². The van der Waals surface area contributed by atoms with E-state index in [9.17, 15) is 4.79 Å². The molecule has 17 heavy (non-hydrogen) atoms. The van der Waals surface area contributed by atoms with Gasteiger partial charge in [-0.15, -0.1) is 0 Å². The fourth-order valence-electron chi connectivity index (χ4n) is 1.57. The number of imidazole rings is 1. The molecule has 0 amide bonds. The molecule has 0 saturated heterocycles. The molecule has 1 heterocycles. The molecule has 90 valence electrons. The fraction of sp³-hybridized carbons (Fsp3) is 0.385. The van der Waals surface area contributed by atoms with Crippen molar-refractivity contribution in [2.45, 2.75) is 20.3 Å². The standard InChI is InChI=1S/C13H16N2O2/c1-9(2)13(16)17-6-5-10-3-4-11-12(7-10)15-8-14-11/h3-4,7-9H,5-6H2,1-2H3,(H,14,15). The molecule has 0 radical (unpaired) electrons. The van der Waals surface area contributed by atoms with Crippen LogP contribution in [0.3, 0.4) is 0 Å². The smallest absolute Gasteiger partial charge is 0.308 e. The largest absolute Gasteiger partial charge is 0.465 e. The maximum Gasteiger partial charge on any atom is 0.308 e. The van der Waals surface area contributed by atoms with Gasteiger partial charge in [0.05, 0.1) is 29.9 Å². The first-order valence-corrected chi connectivity index (χ1v) is 5.75. The summed E-state index contributed by atoms with van der Waals surface area (Å²) in [6.07, 6.45) is 2.40. The van der Waals surface area contributed by atoms with E-state index in [1.54, 1.807) is 6.33 Å². The molecule has 0 spiro atoms. The molecule has 0 fully saturated rings. The first-order valence-electron chi connectivity index (χ1n) is 5.75. The van der Waals surface area contributed by atoms with Crippen molar-refractivity contribution in [2.75, 3.05) is 6.61 Å². The summed E-state index contributed by atoms with van der Waals surface area (Å²) in [5.74, 6) is -0.210. The summed E-state index contributed by atoms with van der Waals surface area (Å²) < 4.78 is 5.14. The number of carbonyl (C=O) groups excluding carboxylic acids is 1. The molecule has 2 aromatic rings. The van der Waals surface area contributed by atoms with Crippen LogP contribution in [-0.2, 0) is 16.0 Å². The maximum atomic E-state index is 11.3. The zero-order valence-electron chi connectivity index (χ0n) is 10.1. The number of fused-ring (bicyclic) bond motifs is 1. The summed E-state index contributed by atoms with van der Waals surface area (Å²) in [4.78, 5) is 18.5. The summed E-state index contributed by atoms with van der Waals surface area (Å²) in [7, 11) is 0. The second kappa shape index (κ2) is 4.99. The van der Waals surface area contributed by atoms with Crippen molar-refractivity contribution in [2.24, 2.45) is 5.92 Å². The molecule has 1 N–H and O–H groups in total. The van der Waals surface area contributed by atoms with Crippen LogP contribution in [0.1, 0.15) is 19.4 Å². The van der Waals surface area contributed by atoms with Crippen molar-refractivity contribution >= 4 is 17.0 Å². The number of nitrogens with one attached hydrogen (secondary N) is 1. The van der Waals surface area contributed by atoms with Crippen LogP contribution in [0.15, 0.2) is 24.5 Å². The van der Waals surface area contributed by atoms with Crippen LogP contribution in [0.4, 0.5) is 0 Å². The van der Waals surface area contributed by atoms with Crippen molar-refractivity contribution in [1.29, 1.82) is 0 Å². The minimum absolute atomic E-state index is 0.0647. The van der Waals surface area contributed by atoms with Crippen molar-refractivity contribution in [1.82, 2.24) is 9.97 Å². The van der Waals surface area contributed by atoms with Gasteiger partial charge < -0.3 is 9.72 Å². The molecular weight excluding hydrogens is 216 g/mol. The normalized spacial score (nSPS) is 11.0. The zero-order chi connectivity index (χ0) is 12.3. The van der Waals surface area contributed by atoms with Crippen LogP contribution in [0.5, 0.6) is 0 Å². The number of rotatable bonds is 4. The van der Waals surface area contributed by atoms with E-state index in [1.807, 2.05) is 32.0 Å². The van der Waals surface area contributed by atoms with Crippen LogP contribution < -0.4 is 0 Å². The Kier molecular flexibility index (Phi) is 3.42. The molecule has 1 aromatic carbocycles. The van der Waals surface area contributed by atoms with E-state index < -0.39 is 0 Å². The Morgan fingerprint density at radius 3 is 3.06 bits per heavy atom. The summed E-state index contributed by atoms with van der Waals surface area (Å²) in [6, 6.07) is 6.00. The van der Waals surface area contributed by atoms with E-state index >= 15 is 0 Å². The third kappa shape index (κ3) is 2.84. The van der Waals surface area contributed by atoms with Gasteiger partial charge in [-0.1, -0.05) is 19.9 Å². The summed E-state index contributed by atoms with van der Waals surface area (Å²) in [5, 5.41) is 0. The number of aromatic nitrogens is 2. The maximum absolute atomic E-state index is 11.3. The first-order chi connectivity index (χ1) is 8.16. The van der Waals surface area contributed by atoms with Crippen molar-refractivity contribution in [3.63, 3.8) is 0 Å². The number of carbonyl (C=O) groups is 1. The quantitative estimate of drug-likeness (QED) is 0.823. The molecular formula is C13H16N2O2. The summed E-state index contributed by atoms with van der Waals surface area (Å²) in [5.41, 5.74) is 3.10. The number of hydrogen-bond acceptors (Lipinski definition) is 3. The number of esters is 1. The number of aromatic amines is 1. The van der Waals surface area contributed by atoms with Crippen molar-refractivity contribution in [3.8, 4) is 0 Å². The molecule has 4 heteroatoms. The van der Waals surface area contributed by atoms with Crippen LogP contribution in [0.2, 0.25) is 0 Å². The Morgan fingerprint density at radius 1 is 1.47 bits per heavy atom. The van der Waals surface area contributed by atoms with Crippen LogP contribution in [-0.4, -0.2) is 22.5 Å². The molecule has 2 rings (SSSR count). The Hall–Kier alpha value is -1.84. The topological polar surface area (TPSA) is 55.0 Å². The van der Waals surface area contributed by atoms with E-state index in [-0.39, 0.29) is 11.9 Å². The highest BCUT2D eigenvalue weighted by Gasteiger charge is 2.07. The Bertz CT molecular complexity index is 517. The van der Waals surface area contributed by atoms with E-state index in [4.69, 9.17) is 4.74 Å². The number of hydrogen-bond donors (Lipinski definition) is 1. The van der Waals surface area contributed by atoms with Gasteiger partial charge in [0.15, 0.2) is 0 Å². The van der Waals surface area contributed by atoms with E-state index in [0.29, 0.717) is 6.61 Å². The number of ether oxygens (including phenoxy) is 1. The van der Waals surface area contributed by atoms with E-state index in [2.05, 4.69) is 9.97 Å². The Morgan fingerprint density at radius 2 is 2.29 bits per heavy atom. The highest BCUT2D eigenvalue weighted by molar-refractivity contribution is 5.75. The Balaban J connectivity index is 1.92. The van der Waals surface area contributed by atoms with Gasteiger partial charge in [-0.3, -0.25) is 4.79 Å². The summed E-state index contributed by atoms with van der Waals surface area (Å²) >= 11 is 0. The minimum Gasteiger partial charge on any atom is -0.465 e. The lowest BCUT2D eigenvalue weighted by Gasteiger charge is -2.06. The SMILES string of the molecule is CC(C)C(=O)OCCc1ccc2nc[nH]c2c1. The second-order valence-corrected chi connectivity index (χ2v) is 4.33. The highest BCUT2D eigenvalue weighted by Crippen LogP contribution is 2.12. The molecule has 0 unspecified atom stereocenters. The zero-order valence-corrected chi connectivity index (χ0v) is 10.1. The molecule has 0 saturated carbocycles. The molecule has 4 nitrogen and oxygen atoms in total. The molecule has 1 aromatic heterocycles. The van der Waals surface area contributed by atoms with Gasteiger partial charge >= 0.3 is 5.97 Å². The fourth-order valence-corrected chi connectivity index (χ4v) is 1.57. The highest BCUT2D eigenvalue weighted by atomic mass is 16.5. The summed E-state index contributed by atoms with van der Waals surface area (Å²) in [6.45, 7) is 4.09. The molecule has 0 atom stereocenters. The predicted molar refractivity (Wildman–Crippen MR) is 65.6 cm³/mol. The monoisotopic (exact) mass is 232 g/mol. The molecule has 0 bridgehead atoms. The van der Waals surface area contributed by atoms with Gasteiger partial charge in [-0.2, -0.15) is 0 Å². The predicted octanol–water partition coefficient (Wildman–Crippen LogP) is 2.30. The number of H-pyrrole nitrogens is 1. The lowest BCUT2D eigenvalue weighted by molar-refractivity contribution is -0.147. The molecule has 0 aliphatic carbocycles. The van der Waals surface area contributed by atoms with E-state index in [0.717, 1.165) is 23.0 Å². The van der Waals surface area contributed by atoms with Crippen LogP contribution >= 0.6 is 0 Å². The molecule has 0 aliphatic rings. The lowest BCUT2D eigenvalue weighted by atomic mass is 10.1. The van der Waals surface area contributed by atoms with Crippen LogP contribution in [0.25, 0.3) is 11.0 Å². The minimum atomic E-state index is -0.146. The second-order valence-electron chi connectivity index (χ2n) is 4.33. The van der Waals surface area contributed by atoms with Gasteiger partial charge in [0.25, 0.3) is 0 Å². The first kappa shape index (κ1) is 11.6. The number of benzene rings is 1.